The van der Waals surface area contributed by atoms with E-state index in [1.165, 1.54) is 0 Å². The number of aliphatic hydroxyl groups is 10. The lowest BCUT2D eigenvalue weighted by atomic mass is 9.90. The van der Waals surface area contributed by atoms with Gasteiger partial charge < -0.3 is 87.3 Å². The predicted octanol–water partition coefficient (Wildman–Crippen LogP) is -6.75. The van der Waals surface area contributed by atoms with E-state index in [9.17, 15) is 94.2 Å². The molecule has 64 heavy (non-hydrogen) atoms. The van der Waals surface area contributed by atoms with Crippen molar-refractivity contribution in [1.29, 1.82) is 0 Å². The zero-order valence-electron chi connectivity index (χ0n) is 34.7. The standard InChI is InChI=1S/C36H60N4O22S2/c1-2-17(3-6-25(49)37-12-21(45)29(53)31(55)23(47)14-41)33(57)39-19(5-8-27(51)52)20(44)11-18(4-7-26(50)38-13-22(46)30(54)32(56)24(48)15-42)34(58)40-28(35(59)60)36(61)64-63-10-9-62-16-43/h16-19,21-24,28-32,41-42,45-48,53-56H,2-15H2,1H3,(H,37,49)(H,38,50)(H,39,57)(H,40,58)(H,51,52)(H,59,60)/t17-,18+,19-,21-,22-,23+,24+,28+,29+,30+,31+,32+/m0/s1. The Kier molecular flexibility index (Phi) is 30.5. The maximum absolute atomic E-state index is 13.8. The summed E-state index contributed by atoms with van der Waals surface area (Å²) in [6.45, 7) is -1.69. The van der Waals surface area contributed by atoms with Gasteiger partial charge >= 0.3 is 11.9 Å². The van der Waals surface area contributed by atoms with Crippen LogP contribution in [0.1, 0.15) is 58.3 Å². The number of amides is 4. The van der Waals surface area contributed by atoms with Crippen LogP contribution in [0.15, 0.2) is 0 Å². The van der Waals surface area contributed by atoms with E-state index in [-0.39, 0.29) is 38.1 Å². The molecule has 0 saturated carbocycles. The van der Waals surface area contributed by atoms with Crippen LogP contribution in [0.2, 0.25) is 0 Å². The summed E-state index contributed by atoms with van der Waals surface area (Å²) in [5.41, 5.74) is 0. The lowest BCUT2D eigenvalue weighted by Gasteiger charge is -2.26. The number of carbonyl (C=O) groups is 9. The van der Waals surface area contributed by atoms with Crippen LogP contribution in [-0.4, -0.2) is 214 Å². The lowest BCUT2D eigenvalue weighted by Crippen LogP contribution is -2.50. The minimum absolute atomic E-state index is 0.0456. The first-order chi connectivity index (χ1) is 30.1. The highest BCUT2D eigenvalue weighted by atomic mass is 33.1. The number of aliphatic carboxylic acids is 2. The number of hydrogen-bond acceptors (Lipinski definition) is 22. The van der Waals surface area contributed by atoms with Crippen molar-refractivity contribution in [3.8, 4) is 0 Å². The largest absolute Gasteiger partial charge is 0.481 e. The van der Waals surface area contributed by atoms with Crippen molar-refractivity contribution in [2.75, 3.05) is 38.7 Å². The molecule has 0 radical (unpaired) electrons. The van der Waals surface area contributed by atoms with Gasteiger partial charge in [0.25, 0.3) is 6.47 Å². The van der Waals surface area contributed by atoms with Crippen LogP contribution in [0.5, 0.6) is 0 Å². The Hall–Kier alpha value is -4.07. The van der Waals surface area contributed by atoms with Crippen LogP contribution >= 0.6 is 21.6 Å². The molecule has 16 N–H and O–H groups in total. The highest BCUT2D eigenvalue weighted by Gasteiger charge is 2.36. The normalized spacial score (nSPS) is 17.0. The Bertz CT molecular complexity index is 1510. The van der Waals surface area contributed by atoms with E-state index in [0.29, 0.717) is 10.8 Å². The molecular weight excluding hydrogens is 905 g/mol. The molecule has 0 spiro atoms. The summed E-state index contributed by atoms with van der Waals surface area (Å²) in [6.07, 6.45) is -19.0. The fourth-order valence-corrected chi connectivity index (χ4v) is 7.17. The fraction of sp³-hybridized carbons (Fsp3) is 0.750. The minimum Gasteiger partial charge on any atom is -0.481 e. The highest BCUT2D eigenvalue weighted by Crippen LogP contribution is 2.24. The SMILES string of the molecule is CC[C@@H](CCC(=O)NC[C@H](O)[C@@H](O)[C@H](O)[C@H](O)CO)C(=O)N[C@@H](CCC(=O)O)C(=O)C[C@@H](CCC(=O)NC[C@H](O)[C@@H](O)[C@H](O)[C@H](O)CO)C(=O)N[C@H](C(=O)O)C(=O)SSCCOC=O. The van der Waals surface area contributed by atoms with Gasteiger partial charge in [-0.3, -0.25) is 38.4 Å². The molecule has 0 bridgehead atoms. The third-order valence-electron chi connectivity index (χ3n) is 9.40. The predicted molar refractivity (Wildman–Crippen MR) is 219 cm³/mol. The van der Waals surface area contributed by atoms with Gasteiger partial charge in [0.2, 0.25) is 28.7 Å². The molecule has 12 atom stereocenters. The van der Waals surface area contributed by atoms with Crippen molar-refractivity contribution in [2.45, 2.75) is 119 Å². The van der Waals surface area contributed by atoms with Crippen molar-refractivity contribution >= 4 is 74.5 Å². The number of rotatable bonds is 36. The Labute approximate surface area is 373 Å². The number of carboxylic acids is 2. The van der Waals surface area contributed by atoms with Gasteiger partial charge in [-0.1, -0.05) is 17.7 Å². The Morgan fingerprint density at radius 2 is 1.11 bits per heavy atom. The van der Waals surface area contributed by atoms with E-state index in [1.807, 2.05) is 5.32 Å². The van der Waals surface area contributed by atoms with Gasteiger partial charge in [-0.15, -0.1) is 0 Å². The molecule has 368 valence electrons. The molecule has 0 heterocycles. The van der Waals surface area contributed by atoms with Crippen molar-refractivity contribution in [2.24, 2.45) is 11.8 Å². The van der Waals surface area contributed by atoms with Crippen molar-refractivity contribution in [1.82, 2.24) is 21.3 Å². The second-order valence-electron chi connectivity index (χ2n) is 14.2. The average Bonchev–Trinajstić information content (AvgIpc) is 3.26. The van der Waals surface area contributed by atoms with Crippen LogP contribution in [0, 0.1) is 11.8 Å². The monoisotopic (exact) mass is 964 g/mol. The molecule has 0 aromatic carbocycles. The third-order valence-corrected chi connectivity index (χ3v) is 11.6. The number of aliphatic hydroxyl groups excluding tert-OH is 10. The molecule has 0 aliphatic heterocycles. The maximum Gasteiger partial charge on any atom is 0.335 e. The number of ketones is 1. The number of hydrogen-bond donors (Lipinski definition) is 16. The van der Waals surface area contributed by atoms with Crippen LogP contribution < -0.4 is 21.3 Å². The smallest absolute Gasteiger partial charge is 0.335 e. The number of nitrogens with one attached hydrogen (secondary N) is 4. The summed E-state index contributed by atoms with van der Waals surface area (Å²) < 4.78 is 4.48. The summed E-state index contributed by atoms with van der Waals surface area (Å²) in [6, 6.07) is -3.81. The van der Waals surface area contributed by atoms with Gasteiger partial charge in [-0.2, -0.15) is 0 Å². The van der Waals surface area contributed by atoms with Crippen LogP contribution in [0.4, 0.5) is 0 Å². The van der Waals surface area contributed by atoms with Crippen molar-refractivity contribution < 1.29 is 109 Å². The number of Topliss-reactive ketones (excluding diaryl/α,β-unsaturated/α-hetero) is 1. The highest BCUT2D eigenvalue weighted by molar-refractivity contribution is 8.82. The molecule has 0 unspecified atom stereocenters. The number of ether oxygens (including phenoxy) is 1. The zero-order valence-corrected chi connectivity index (χ0v) is 36.3. The second-order valence-corrected chi connectivity index (χ2v) is 16.6. The first-order valence-electron chi connectivity index (χ1n) is 19.7. The van der Waals surface area contributed by atoms with Crippen molar-refractivity contribution in [3.05, 3.63) is 0 Å². The van der Waals surface area contributed by atoms with Crippen LogP contribution in [0.3, 0.4) is 0 Å². The zero-order chi connectivity index (χ0) is 49.1. The molecular formula is C36H60N4O22S2. The molecule has 0 fully saturated rings. The number of carbonyl (C=O) groups excluding carboxylic acids is 7. The Morgan fingerprint density at radius 3 is 1.55 bits per heavy atom. The molecule has 0 aromatic rings. The minimum atomic E-state index is -2.20. The number of carboxylic acid groups (broad SMARTS) is 2. The van der Waals surface area contributed by atoms with E-state index in [4.69, 9.17) is 10.2 Å². The van der Waals surface area contributed by atoms with Gasteiger partial charge in [0, 0.05) is 56.4 Å². The Morgan fingerprint density at radius 1 is 0.641 bits per heavy atom. The molecule has 0 rings (SSSR count). The first kappa shape index (κ1) is 59.9. The Balaban J connectivity index is 6.15. The topological polar surface area (TPSA) is 454 Å². The van der Waals surface area contributed by atoms with Gasteiger partial charge in [0.05, 0.1) is 31.5 Å². The lowest BCUT2D eigenvalue weighted by molar-refractivity contribution is -0.145. The molecule has 0 aliphatic rings. The van der Waals surface area contributed by atoms with Gasteiger partial charge in [-0.25, -0.2) is 4.79 Å². The van der Waals surface area contributed by atoms with Gasteiger partial charge in [0.15, 0.2) is 11.8 Å². The molecule has 28 heteroatoms. The summed E-state index contributed by atoms with van der Waals surface area (Å²) in [4.78, 5) is 113. The van der Waals surface area contributed by atoms with E-state index >= 15 is 0 Å². The first-order valence-corrected chi connectivity index (χ1v) is 22.0. The van der Waals surface area contributed by atoms with E-state index in [0.717, 1.165) is 10.8 Å². The molecule has 0 saturated heterocycles. The van der Waals surface area contributed by atoms with E-state index in [1.54, 1.807) is 6.92 Å². The quantitative estimate of drug-likeness (QED) is 0.0120. The van der Waals surface area contributed by atoms with Crippen LogP contribution in [0.25, 0.3) is 0 Å². The molecule has 0 aromatic heterocycles. The molecule has 26 nitrogen and oxygen atoms in total. The summed E-state index contributed by atoms with van der Waals surface area (Å²) >= 11 is 0. The second kappa shape index (κ2) is 32.6. The fourth-order valence-electron chi connectivity index (χ4n) is 5.45. The molecule has 4 amide bonds. The van der Waals surface area contributed by atoms with Crippen LogP contribution in [-0.2, 0) is 47.9 Å². The summed E-state index contributed by atoms with van der Waals surface area (Å²) in [7, 11) is 1.18. The van der Waals surface area contributed by atoms with E-state index in [2.05, 4.69) is 20.7 Å². The van der Waals surface area contributed by atoms with E-state index < -0.39 is 178 Å². The summed E-state index contributed by atoms with van der Waals surface area (Å²) in [5, 5.41) is 123. The summed E-state index contributed by atoms with van der Waals surface area (Å²) in [5.74, 6) is -10.5. The maximum atomic E-state index is 13.8. The molecule has 0 aliphatic carbocycles. The van der Waals surface area contributed by atoms with Gasteiger partial charge in [-0.05, 0) is 36.5 Å². The van der Waals surface area contributed by atoms with Crippen molar-refractivity contribution in [3.63, 3.8) is 0 Å². The third kappa shape index (κ3) is 23.2. The average molecular weight is 965 g/mol. The van der Waals surface area contributed by atoms with Gasteiger partial charge in [0.1, 0.15) is 43.2 Å².